The van der Waals surface area contributed by atoms with Crippen LogP contribution in [0.1, 0.15) is 17.7 Å². The third kappa shape index (κ3) is 4.19. The van der Waals surface area contributed by atoms with Gasteiger partial charge < -0.3 is 9.84 Å². The molecule has 0 unspecified atom stereocenters. The van der Waals surface area contributed by atoms with Crippen molar-refractivity contribution in [2.24, 2.45) is 0 Å². The van der Waals surface area contributed by atoms with Crippen LogP contribution in [0.25, 0.3) is 0 Å². The first-order valence-corrected chi connectivity index (χ1v) is 4.92. The predicted octanol–water partition coefficient (Wildman–Crippen LogP) is 3.20. The zero-order valence-electron chi connectivity index (χ0n) is 8.84. The molecule has 106 valence electrons. The monoisotopic (exact) mass is 305 g/mol. The maximum atomic E-state index is 12.5. The summed E-state index contributed by atoms with van der Waals surface area (Å²) in [5.74, 6) is -2.80. The van der Waals surface area contributed by atoms with Crippen LogP contribution in [0.15, 0.2) is 6.20 Å². The van der Waals surface area contributed by atoms with Gasteiger partial charge in [-0.3, -0.25) is 9.78 Å². The number of ether oxygens (including phenoxy) is 1. The number of aliphatic carboxylic acids is 1. The highest BCUT2D eigenvalue weighted by molar-refractivity contribution is 6.33. The van der Waals surface area contributed by atoms with Crippen molar-refractivity contribution in [3.05, 3.63) is 22.5 Å². The summed E-state index contributed by atoms with van der Waals surface area (Å²) < 4.78 is 64.6. The fourth-order valence-electron chi connectivity index (χ4n) is 1.18. The standard InChI is InChI=1S/C9H5ClF5NO3/c10-5-3(1-4(17)18)2-16-6(8(11)12)7(5)19-9(13,14)15/h2,8H,1H2,(H,17,18). The Hall–Kier alpha value is -1.64. The minimum atomic E-state index is -5.25. The van der Waals surface area contributed by atoms with Crippen molar-refractivity contribution >= 4 is 17.6 Å². The lowest BCUT2D eigenvalue weighted by molar-refractivity contribution is -0.275. The molecule has 0 bridgehead atoms. The highest BCUT2D eigenvalue weighted by atomic mass is 35.5. The number of rotatable bonds is 4. The number of carboxylic acids is 1. The maximum absolute atomic E-state index is 12.5. The number of hydrogen-bond acceptors (Lipinski definition) is 3. The third-order valence-electron chi connectivity index (χ3n) is 1.84. The van der Waals surface area contributed by atoms with E-state index in [2.05, 4.69) is 9.72 Å². The van der Waals surface area contributed by atoms with Crippen molar-refractivity contribution < 1.29 is 36.6 Å². The number of hydrogen-bond donors (Lipinski definition) is 1. The van der Waals surface area contributed by atoms with Gasteiger partial charge in [-0.25, -0.2) is 8.78 Å². The second-order valence-corrected chi connectivity index (χ2v) is 3.61. The Balaban J connectivity index is 3.31. The molecule has 4 nitrogen and oxygen atoms in total. The number of carboxylic acid groups (broad SMARTS) is 1. The van der Waals surface area contributed by atoms with Crippen molar-refractivity contribution in [2.75, 3.05) is 0 Å². The zero-order valence-corrected chi connectivity index (χ0v) is 9.60. The van der Waals surface area contributed by atoms with Gasteiger partial charge in [0.1, 0.15) is 0 Å². The van der Waals surface area contributed by atoms with E-state index < -0.39 is 41.6 Å². The lowest BCUT2D eigenvalue weighted by Gasteiger charge is -2.15. The van der Waals surface area contributed by atoms with Crippen LogP contribution in [0, 0.1) is 0 Å². The van der Waals surface area contributed by atoms with Crippen LogP contribution in [0.4, 0.5) is 22.0 Å². The molecule has 1 aromatic heterocycles. The predicted molar refractivity (Wildman–Crippen MR) is 52.2 cm³/mol. The topological polar surface area (TPSA) is 59.4 Å². The molecule has 0 saturated heterocycles. The van der Waals surface area contributed by atoms with Crippen LogP contribution >= 0.6 is 11.6 Å². The van der Waals surface area contributed by atoms with Crippen LogP contribution < -0.4 is 4.74 Å². The van der Waals surface area contributed by atoms with Crippen LogP contribution in [-0.2, 0) is 11.2 Å². The van der Waals surface area contributed by atoms with E-state index in [-0.39, 0.29) is 5.56 Å². The van der Waals surface area contributed by atoms with Gasteiger partial charge >= 0.3 is 12.3 Å². The Bertz CT molecular complexity index is 491. The quantitative estimate of drug-likeness (QED) is 0.868. The van der Waals surface area contributed by atoms with Gasteiger partial charge in [0.25, 0.3) is 6.43 Å². The number of aromatic nitrogens is 1. The van der Waals surface area contributed by atoms with E-state index in [0.29, 0.717) is 6.20 Å². The summed E-state index contributed by atoms with van der Waals surface area (Å²) in [4.78, 5) is 13.5. The molecule has 0 fully saturated rings. The van der Waals surface area contributed by atoms with Gasteiger partial charge in [0.15, 0.2) is 11.4 Å². The van der Waals surface area contributed by atoms with E-state index in [9.17, 15) is 26.7 Å². The molecule has 0 spiro atoms. The minimum Gasteiger partial charge on any atom is -0.481 e. The molecule has 0 radical (unpaired) electrons. The minimum absolute atomic E-state index is 0.363. The van der Waals surface area contributed by atoms with Crippen molar-refractivity contribution in [1.82, 2.24) is 4.98 Å². The van der Waals surface area contributed by atoms with E-state index in [1.165, 1.54) is 0 Å². The average molecular weight is 306 g/mol. The lowest BCUT2D eigenvalue weighted by Crippen LogP contribution is -2.19. The molecule has 1 heterocycles. The van der Waals surface area contributed by atoms with Crippen molar-refractivity contribution in [1.29, 1.82) is 0 Å². The Kier molecular flexibility index (Phi) is 4.51. The maximum Gasteiger partial charge on any atom is 0.573 e. The second kappa shape index (κ2) is 5.55. The molecule has 1 N–H and O–H groups in total. The summed E-state index contributed by atoms with van der Waals surface area (Å²) in [6, 6.07) is 0. The summed E-state index contributed by atoms with van der Waals surface area (Å²) in [5.41, 5.74) is -1.67. The first-order chi connectivity index (χ1) is 8.61. The SMILES string of the molecule is O=C(O)Cc1cnc(C(F)F)c(OC(F)(F)F)c1Cl. The Morgan fingerprint density at radius 1 is 1.47 bits per heavy atom. The van der Waals surface area contributed by atoms with Gasteiger partial charge in [-0.2, -0.15) is 0 Å². The smallest absolute Gasteiger partial charge is 0.481 e. The van der Waals surface area contributed by atoms with Crippen molar-refractivity contribution in [3.63, 3.8) is 0 Å². The number of carbonyl (C=O) groups is 1. The summed E-state index contributed by atoms with van der Waals surface area (Å²) >= 11 is 5.45. The van der Waals surface area contributed by atoms with Gasteiger partial charge in [-0.05, 0) is 0 Å². The molecular weight excluding hydrogens is 301 g/mol. The average Bonchev–Trinajstić information content (AvgIpc) is 2.21. The van der Waals surface area contributed by atoms with E-state index in [1.54, 1.807) is 0 Å². The molecule has 19 heavy (non-hydrogen) atoms. The molecule has 0 amide bonds. The molecule has 0 saturated carbocycles. The third-order valence-corrected chi connectivity index (χ3v) is 2.25. The molecule has 10 heteroatoms. The van der Waals surface area contributed by atoms with Crippen LogP contribution in [-0.4, -0.2) is 22.4 Å². The molecule has 0 aliphatic carbocycles. The van der Waals surface area contributed by atoms with E-state index in [0.717, 1.165) is 0 Å². The van der Waals surface area contributed by atoms with Crippen molar-refractivity contribution in [3.8, 4) is 5.75 Å². The fraction of sp³-hybridized carbons (Fsp3) is 0.333. The highest BCUT2D eigenvalue weighted by Gasteiger charge is 2.35. The molecule has 0 aliphatic rings. The van der Waals surface area contributed by atoms with E-state index in [1.807, 2.05) is 0 Å². The summed E-state index contributed by atoms with van der Waals surface area (Å²) in [6.07, 6.45) is -8.71. The summed E-state index contributed by atoms with van der Waals surface area (Å²) in [5, 5.41) is 7.64. The molecule has 0 aliphatic heterocycles. The van der Waals surface area contributed by atoms with Gasteiger partial charge in [0.05, 0.1) is 11.4 Å². The summed E-state index contributed by atoms with van der Waals surface area (Å²) in [6.45, 7) is 0. The largest absolute Gasteiger partial charge is 0.573 e. The first kappa shape index (κ1) is 15.4. The number of alkyl halides is 5. The summed E-state index contributed by atoms with van der Waals surface area (Å²) in [7, 11) is 0. The van der Waals surface area contributed by atoms with Crippen LogP contribution in [0.2, 0.25) is 5.02 Å². The van der Waals surface area contributed by atoms with E-state index in [4.69, 9.17) is 16.7 Å². The van der Waals surface area contributed by atoms with Gasteiger partial charge in [-0.1, -0.05) is 11.6 Å². The fourth-order valence-corrected chi connectivity index (χ4v) is 1.43. The number of nitrogens with zero attached hydrogens (tertiary/aromatic N) is 1. The Morgan fingerprint density at radius 2 is 2.05 bits per heavy atom. The first-order valence-electron chi connectivity index (χ1n) is 4.54. The normalized spacial score (nSPS) is 11.7. The number of pyridine rings is 1. The van der Waals surface area contributed by atoms with Gasteiger partial charge in [0.2, 0.25) is 0 Å². The molecule has 1 rings (SSSR count). The second-order valence-electron chi connectivity index (χ2n) is 3.23. The molecular formula is C9H5ClF5NO3. The number of halogens is 6. The van der Waals surface area contributed by atoms with Gasteiger partial charge in [-0.15, -0.1) is 13.2 Å². The van der Waals surface area contributed by atoms with Crippen molar-refractivity contribution in [2.45, 2.75) is 19.2 Å². The molecule has 0 atom stereocenters. The van der Waals surface area contributed by atoms with Crippen LogP contribution in [0.3, 0.4) is 0 Å². The Labute approximate surface area is 107 Å². The highest BCUT2D eigenvalue weighted by Crippen LogP contribution is 2.39. The zero-order chi connectivity index (χ0) is 14.8. The molecule has 1 aromatic rings. The lowest BCUT2D eigenvalue weighted by atomic mass is 10.2. The Morgan fingerprint density at radius 3 is 2.47 bits per heavy atom. The van der Waals surface area contributed by atoms with Gasteiger partial charge in [0, 0.05) is 11.8 Å². The van der Waals surface area contributed by atoms with E-state index >= 15 is 0 Å². The molecule has 0 aromatic carbocycles. The van der Waals surface area contributed by atoms with Crippen LogP contribution in [0.5, 0.6) is 5.75 Å².